The zero-order valence-electron chi connectivity index (χ0n) is 15.0. The van der Waals surface area contributed by atoms with Crippen molar-refractivity contribution in [1.29, 1.82) is 0 Å². The van der Waals surface area contributed by atoms with Crippen LogP contribution in [0.3, 0.4) is 0 Å². The third-order valence-electron chi connectivity index (χ3n) is 5.18. The van der Waals surface area contributed by atoms with E-state index in [-0.39, 0.29) is 6.04 Å². The summed E-state index contributed by atoms with van der Waals surface area (Å²) in [6.07, 6.45) is 2.36. The second-order valence-electron chi connectivity index (χ2n) is 7.23. The molecule has 0 amide bonds. The molecule has 1 atom stereocenters. The minimum Gasteiger partial charge on any atom is -0.340 e. The lowest BCUT2D eigenvalue weighted by Crippen LogP contribution is -2.42. The van der Waals surface area contributed by atoms with Crippen molar-refractivity contribution in [3.8, 4) is 0 Å². The Balaban J connectivity index is 1.67. The zero-order valence-corrected chi connectivity index (χ0v) is 15.0. The van der Waals surface area contributed by atoms with Crippen molar-refractivity contribution in [3.05, 3.63) is 65.5 Å². The van der Waals surface area contributed by atoms with Gasteiger partial charge in [0.05, 0.1) is 17.1 Å². The van der Waals surface area contributed by atoms with E-state index < -0.39 is 0 Å². The molecule has 2 heterocycles. The summed E-state index contributed by atoms with van der Waals surface area (Å²) in [6.45, 7) is 4.45. The van der Waals surface area contributed by atoms with Gasteiger partial charge in [-0.25, -0.2) is 4.98 Å². The molecule has 1 unspecified atom stereocenters. The van der Waals surface area contributed by atoms with Crippen molar-refractivity contribution >= 4 is 11.0 Å². The summed E-state index contributed by atoms with van der Waals surface area (Å²) in [7, 11) is 2.20. The van der Waals surface area contributed by atoms with Gasteiger partial charge in [-0.2, -0.15) is 0 Å². The summed E-state index contributed by atoms with van der Waals surface area (Å²) in [5.41, 5.74) is 4.68. The van der Waals surface area contributed by atoms with Gasteiger partial charge in [-0.1, -0.05) is 42.0 Å². The Bertz CT molecular complexity index is 813. The smallest absolute Gasteiger partial charge is 0.129 e. The average Bonchev–Trinajstić information content (AvgIpc) is 3.05. The first kappa shape index (κ1) is 16.3. The molecule has 4 heteroatoms. The van der Waals surface area contributed by atoms with Gasteiger partial charge in [0.1, 0.15) is 5.82 Å². The van der Waals surface area contributed by atoms with Gasteiger partial charge >= 0.3 is 0 Å². The number of hydrogen-bond donors (Lipinski definition) is 2. The minimum absolute atomic E-state index is 0.0979. The number of aromatic nitrogens is 2. The monoisotopic (exact) mass is 334 g/mol. The Hall–Kier alpha value is -2.17. The Labute approximate surface area is 149 Å². The molecule has 0 saturated carbocycles. The number of aryl methyl sites for hydroxylation is 1. The fraction of sp³-hybridized carbons (Fsp3) is 0.381. The molecule has 2 N–H and O–H groups in total. The summed E-state index contributed by atoms with van der Waals surface area (Å²) in [5.74, 6) is 1.01. The molecule has 3 aromatic rings. The molecule has 4 rings (SSSR count). The maximum Gasteiger partial charge on any atom is 0.129 e. The molecule has 0 spiro atoms. The van der Waals surface area contributed by atoms with E-state index in [1.54, 1.807) is 0 Å². The van der Waals surface area contributed by atoms with Crippen LogP contribution < -0.4 is 5.32 Å². The van der Waals surface area contributed by atoms with Gasteiger partial charge in [0, 0.05) is 6.04 Å². The van der Waals surface area contributed by atoms with Gasteiger partial charge < -0.3 is 15.2 Å². The van der Waals surface area contributed by atoms with Gasteiger partial charge in [-0.3, -0.25) is 0 Å². The molecule has 1 saturated heterocycles. The van der Waals surface area contributed by atoms with E-state index in [1.165, 1.54) is 24.0 Å². The van der Waals surface area contributed by atoms with Crippen LogP contribution in [0, 0.1) is 6.92 Å². The fourth-order valence-electron chi connectivity index (χ4n) is 3.70. The van der Waals surface area contributed by atoms with Gasteiger partial charge in [-0.05, 0) is 57.6 Å². The molecule has 1 aliphatic rings. The third kappa shape index (κ3) is 3.60. The van der Waals surface area contributed by atoms with Crippen LogP contribution in [0.1, 0.15) is 35.8 Å². The fourth-order valence-corrected chi connectivity index (χ4v) is 3.70. The highest BCUT2D eigenvalue weighted by atomic mass is 15.1. The number of aromatic amines is 1. The Morgan fingerprint density at radius 2 is 1.92 bits per heavy atom. The van der Waals surface area contributed by atoms with Crippen molar-refractivity contribution < 1.29 is 0 Å². The standard InChI is InChI=1S/C21H26N4/c1-15-6-5-7-16(14-15)20(22-17-10-12-25(2)13-11-17)21-23-18-8-3-4-9-19(18)24-21/h3-9,14,17,20,22H,10-13H2,1-2H3,(H,23,24). The molecule has 1 fully saturated rings. The van der Waals surface area contributed by atoms with Crippen molar-refractivity contribution in [3.63, 3.8) is 0 Å². The van der Waals surface area contributed by atoms with Crippen LogP contribution in [-0.2, 0) is 0 Å². The van der Waals surface area contributed by atoms with E-state index in [4.69, 9.17) is 4.98 Å². The first-order valence-corrected chi connectivity index (χ1v) is 9.15. The number of likely N-dealkylation sites (tertiary alicyclic amines) is 1. The molecule has 25 heavy (non-hydrogen) atoms. The Morgan fingerprint density at radius 3 is 2.68 bits per heavy atom. The van der Waals surface area contributed by atoms with Gasteiger partial charge in [0.2, 0.25) is 0 Å². The lowest BCUT2D eigenvalue weighted by Gasteiger charge is -2.32. The highest BCUT2D eigenvalue weighted by molar-refractivity contribution is 5.75. The second kappa shape index (κ2) is 6.98. The first-order valence-electron chi connectivity index (χ1n) is 9.15. The van der Waals surface area contributed by atoms with Gasteiger partial charge in [0.25, 0.3) is 0 Å². The van der Waals surface area contributed by atoms with Crippen LogP contribution in [0.4, 0.5) is 0 Å². The number of nitrogens with one attached hydrogen (secondary N) is 2. The predicted molar refractivity (Wildman–Crippen MR) is 103 cm³/mol. The molecule has 0 radical (unpaired) electrons. The Kier molecular flexibility index (Phi) is 4.55. The largest absolute Gasteiger partial charge is 0.340 e. The molecule has 4 nitrogen and oxygen atoms in total. The number of hydrogen-bond acceptors (Lipinski definition) is 3. The van der Waals surface area contributed by atoms with Crippen LogP contribution in [0.5, 0.6) is 0 Å². The van der Waals surface area contributed by atoms with Crippen LogP contribution in [-0.4, -0.2) is 41.0 Å². The molecule has 0 bridgehead atoms. The molecular weight excluding hydrogens is 308 g/mol. The van der Waals surface area contributed by atoms with E-state index in [2.05, 4.69) is 71.6 Å². The van der Waals surface area contributed by atoms with E-state index >= 15 is 0 Å². The number of para-hydroxylation sites is 2. The first-order chi connectivity index (χ1) is 12.2. The number of fused-ring (bicyclic) bond motifs is 1. The molecule has 1 aromatic heterocycles. The number of H-pyrrole nitrogens is 1. The summed E-state index contributed by atoms with van der Waals surface area (Å²) in [5, 5.41) is 3.88. The molecule has 2 aromatic carbocycles. The van der Waals surface area contributed by atoms with Crippen LogP contribution >= 0.6 is 0 Å². The van der Waals surface area contributed by atoms with Crippen molar-refractivity contribution in [2.45, 2.75) is 31.8 Å². The number of nitrogens with zero attached hydrogens (tertiary/aromatic N) is 2. The summed E-state index contributed by atoms with van der Waals surface area (Å²) < 4.78 is 0. The number of rotatable bonds is 4. The Morgan fingerprint density at radius 1 is 1.12 bits per heavy atom. The summed E-state index contributed by atoms with van der Waals surface area (Å²) >= 11 is 0. The quantitative estimate of drug-likeness (QED) is 0.765. The summed E-state index contributed by atoms with van der Waals surface area (Å²) in [4.78, 5) is 10.8. The van der Waals surface area contributed by atoms with E-state index in [0.717, 1.165) is 29.9 Å². The number of imidazole rings is 1. The van der Waals surface area contributed by atoms with Crippen LogP contribution in [0.25, 0.3) is 11.0 Å². The lowest BCUT2D eigenvalue weighted by atomic mass is 9.99. The van der Waals surface area contributed by atoms with E-state index in [0.29, 0.717) is 6.04 Å². The van der Waals surface area contributed by atoms with Crippen molar-refractivity contribution in [2.24, 2.45) is 0 Å². The van der Waals surface area contributed by atoms with Crippen LogP contribution in [0.2, 0.25) is 0 Å². The highest BCUT2D eigenvalue weighted by Crippen LogP contribution is 2.25. The second-order valence-corrected chi connectivity index (χ2v) is 7.23. The maximum absolute atomic E-state index is 4.87. The predicted octanol–water partition coefficient (Wildman–Crippen LogP) is 3.64. The normalized spacial score (nSPS) is 17.8. The average molecular weight is 334 g/mol. The lowest BCUT2D eigenvalue weighted by molar-refractivity contribution is 0.228. The maximum atomic E-state index is 4.87. The molecule has 130 valence electrons. The zero-order chi connectivity index (χ0) is 17.2. The molecule has 0 aliphatic carbocycles. The molecular formula is C21H26N4. The highest BCUT2D eigenvalue weighted by Gasteiger charge is 2.24. The van der Waals surface area contributed by atoms with Crippen molar-refractivity contribution in [1.82, 2.24) is 20.2 Å². The van der Waals surface area contributed by atoms with Crippen LogP contribution in [0.15, 0.2) is 48.5 Å². The van der Waals surface area contributed by atoms with Gasteiger partial charge in [0.15, 0.2) is 0 Å². The number of benzene rings is 2. The topological polar surface area (TPSA) is 44.0 Å². The molecule has 1 aliphatic heterocycles. The third-order valence-corrected chi connectivity index (χ3v) is 5.18. The minimum atomic E-state index is 0.0979. The SMILES string of the molecule is Cc1cccc(C(NC2CCN(C)CC2)c2nc3ccccc3[nH]2)c1. The van der Waals surface area contributed by atoms with E-state index in [1.807, 2.05) is 6.07 Å². The van der Waals surface area contributed by atoms with Crippen molar-refractivity contribution in [2.75, 3.05) is 20.1 Å². The number of piperidine rings is 1. The summed E-state index contributed by atoms with van der Waals surface area (Å²) in [6, 6.07) is 17.6. The van der Waals surface area contributed by atoms with E-state index in [9.17, 15) is 0 Å². The van der Waals surface area contributed by atoms with Gasteiger partial charge in [-0.15, -0.1) is 0 Å².